The van der Waals surface area contributed by atoms with Crippen molar-refractivity contribution >= 4 is 11.9 Å². The van der Waals surface area contributed by atoms with Crippen LogP contribution in [0.3, 0.4) is 0 Å². The van der Waals surface area contributed by atoms with Crippen molar-refractivity contribution in [3.63, 3.8) is 0 Å². The molecule has 3 N–H and O–H groups in total. The molecule has 1 saturated heterocycles. The quantitative estimate of drug-likeness (QED) is 0.383. The van der Waals surface area contributed by atoms with Crippen LogP contribution in [0.4, 0.5) is 0 Å². The zero-order valence-electron chi connectivity index (χ0n) is 7.78. The van der Waals surface area contributed by atoms with Crippen molar-refractivity contribution in [1.29, 1.82) is 0 Å². The number of carboxylic acid groups (broad SMARTS) is 2. The van der Waals surface area contributed by atoms with E-state index >= 15 is 0 Å². The minimum atomic E-state index is -0.978. The fraction of sp³-hybridized carbons (Fsp3) is 0.667. The predicted molar refractivity (Wildman–Crippen MR) is 36.3 cm³/mol. The summed E-state index contributed by atoms with van der Waals surface area (Å²) in [6.07, 6.45) is 0.185. The molecular weight excluding hydrogens is 173 g/mol. The number of hydrogen-bond donors (Lipinski definition) is 3. The van der Waals surface area contributed by atoms with Gasteiger partial charge in [-0.25, -0.2) is 0 Å². The van der Waals surface area contributed by atoms with E-state index in [1.165, 1.54) is 0 Å². The third-order valence-corrected chi connectivity index (χ3v) is 1.78. The third-order valence-electron chi connectivity index (χ3n) is 1.78. The Morgan fingerprint density at radius 3 is 2.17 bits per heavy atom. The number of carboxylic acids is 2. The summed E-state index contributed by atoms with van der Waals surface area (Å²) in [6, 6.07) is -0.684. The van der Waals surface area contributed by atoms with Gasteiger partial charge in [-0.1, -0.05) is 0 Å². The Labute approximate surface area is 92.9 Å². The van der Waals surface area contributed by atoms with Gasteiger partial charge >= 0.3 is 41.5 Å². The number of aliphatic carboxylic acids is 2. The van der Waals surface area contributed by atoms with Crippen LogP contribution in [0, 0.1) is 5.92 Å². The Hall–Kier alpha value is -0.100. The molecule has 12 heavy (non-hydrogen) atoms. The van der Waals surface area contributed by atoms with Gasteiger partial charge in [-0.3, -0.25) is 9.59 Å². The molecule has 0 aliphatic carbocycles. The van der Waals surface area contributed by atoms with E-state index in [-0.39, 0.29) is 43.9 Å². The maximum Gasteiger partial charge on any atom is 1.00 e. The van der Waals surface area contributed by atoms with E-state index in [4.69, 9.17) is 10.2 Å². The molecule has 0 saturated carbocycles. The van der Waals surface area contributed by atoms with E-state index in [2.05, 4.69) is 5.32 Å². The largest absolute Gasteiger partial charge is 1.00 e. The monoisotopic (exact) mass is 183 g/mol. The summed E-state index contributed by atoms with van der Waals surface area (Å²) in [5, 5.41) is 19.5. The summed E-state index contributed by atoms with van der Waals surface area (Å²) in [4.78, 5) is 20.7. The normalized spacial score (nSPS) is 27.7. The molecule has 0 aromatic rings. The molecule has 5 nitrogen and oxygen atoms in total. The van der Waals surface area contributed by atoms with Crippen molar-refractivity contribution < 1.29 is 50.8 Å². The van der Waals surface area contributed by atoms with Crippen molar-refractivity contribution in [2.45, 2.75) is 12.5 Å². The van der Waals surface area contributed by atoms with Crippen molar-refractivity contribution in [3.8, 4) is 0 Å². The molecule has 1 heterocycles. The van der Waals surface area contributed by atoms with Crippen molar-refractivity contribution in [3.05, 3.63) is 0 Å². The van der Waals surface area contributed by atoms with E-state index in [1.807, 2.05) is 0 Å². The zero-order valence-corrected chi connectivity index (χ0v) is 8.78. The van der Waals surface area contributed by atoms with Gasteiger partial charge in [0.25, 0.3) is 0 Å². The van der Waals surface area contributed by atoms with Crippen LogP contribution in [0.2, 0.25) is 0 Å². The second-order valence-corrected chi connectivity index (χ2v) is 2.57. The summed E-state index contributed by atoms with van der Waals surface area (Å²) in [5.74, 6) is -2.45. The van der Waals surface area contributed by atoms with Crippen LogP contribution >= 0.6 is 0 Å². The van der Waals surface area contributed by atoms with E-state index in [0.717, 1.165) is 0 Å². The van der Waals surface area contributed by atoms with E-state index < -0.39 is 23.9 Å². The van der Waals surface area contributed by atoms with Crippen LogP contribution in [0.25, 0.3) is 0 Å². The van der Waals surface area contributed by atoms with Crippen molar-refractivity contribution in [1.82, 2.24) is 5.32 Å². The zero-order chi connectivity index (χ0) is 8.43. The molecule has 0 aromatic heterocycles. The van der Waals surface area contributed by atoms with E-state index in [1.54, 1.807) is 0 Å². The van der Waals surface area contributed by atoms with Gasteiger partial charge in [-0.05, 0) is 6.42 Å². The smallest absolute Gasteiger partial charge is 1.00 e. The van der Waals surface area contributed by atoms with Gasteiger partial charge in [0.2, 0.25) is 0 Å². The second kappa shape index (κ2) is 4.81. The first kappa shape index (κ1) is 11.9. The Morgan fingerprint density at radius 2 is 1.92 bits per heavy atom. The SMILES string of the molecule is O=C(O)C1CNC(C(=O)O)C1.[H-].[Na+]. The summed E-state index contributed by atoms with van der Waals surface area (Å²) >= 11 is 0. The molecule has 0 spiro atoms. The van der Waals surface area contributed by atoms with Crippen LogP contribution in [-0.2, 0) is 9.59 Å². The standard InChI is InChI=1S/C6H9NO4.Na.H/c8-5(9)3-1-4(6(10)11)7-2-3;;/h3-4,7H,1-2H2,(H,8,9)(H,10,11);;/q;+1;-1. The van der Waals surface area contributed by atoms with Gasteiger partial charge in [-0.2, -0.15) is 0 Å². The molecule has 1 rings (SSSR count). The minimum Gasteiger partial charge on any atom is -1.00 e. The molecule has 0 radical (unpaired) electrons. The molecule has 0 aromatic carbocycles. The maximum atomic E-state index is 10.3. The number of rotatable bonds is 2. The Bertz CT molecular complexity index is 181. The summed E-state index contributed by atoms with van der Waals surface area (Å²) in [5.41, 5.74) is 0. The predicted octanol–water partition coefficient (Wildman–Crippen LogP) is -3.75. The number of nitrogens with one attached hydrogen (secondary N) is 1. The Kier molecular flexibility index (Phi) is 4.77. The van der Waals surface area contributed by atoms with Gasteiger partial charge in [0.05, 0.1) is 5.92 Å². The molecular formula is C6H10NNaO4. The maximum absolute atomic E-state index is 10.3. The molecule has 2 unspecified atom stereocenters. The van der Waals surface area contributed by atoms with Crippen LogP contribution in [0.5, 0.6) is 0 Å². The van der Waals surface area contributed by atoms with Gasteiger partial charge in [0.15, 0.2) is 0 Å². The van der Waals surface area contributed by atoms with Gasteiger partial charge in [0, 0.05) is 6.54 Å². The molecule has 0 amide bonds. The first-order chi connectivity index (χ1) is 5.11. The molecule has 1 fully saturated rings. The summed E-state index contributed by atoms with van der Waals surface area (Å²) in [6.45, 7) is 0.256. The molecule has 2 atom stereocenters. The van der Waals surface area contributed by atoms with Crippen LogP contribution in [-0.4, -0.2) is 34.7 Å². The Morgan fingerprint density at radius 1 is 1.33 bits per heavy atom. The molecule has 0 bridgehead atoms. The van der Waals surface area contributed by atoms with E-state index in [9.17, 15) is 9.59 Å². The van der Waals surface area contributed by atoms with Crippen LogP contribution in [0.15, 0.2) is 0 Å². The molecule has 6 heteroatoms. The average Bonchev–Trinajstić information content (AvgIpc) is 2.33. The fourth-order valence-electron chi connectivity index (χ4n) is 1.11. The summed E-state index contributed by atoms with van der Waals surface area (Å²) in [7, 11) is 0. The van der Waals surface area contributed by atoms with Crippen molar-refractivity contribution in [2.24, 2.45) is 5.92 Å². The van der Waals surface area contributed by atoms with Crippen LogP contribution in [0.1, 0.15) is 7.85 Å². The van der Waals surface area contributed by atoms with Gasteiger partial charge in [-0.15, -0.1) is 0 Å². The minimum absolute atomic E-state index is 0. The molecule has 1 aliphatic rings. The number of hydrogen-bond acceptors (Lipinski definition) is 3. The van der Waals surface area contributed by atoms with Crippen molar-refractivity contribution in [2.75, 3.05) is 6.54 Å². The van der Waals surface area contributed by atoms with Crippen LogP contribution < -0.4 is 34.9 Å². The second-order valence-electron chi connectivity index (χ2n) is 2.57. The fourth-order valence-corrected chi connectivity index (χ4v) is 1.11. The molecule has 1 aliphatic heterocycles. The van der Waals surface area contributed by atoms with Gasteiger partial charge < -0.3 is 17.0 Å². The van der Waals surface area contributed by atoms with Gasteiger partial charge in [0.1, 0.15) is 6.04 Å². The average molecular weight is 183 g/mol. The number of carbonyl (C=O) groups is 2. The van der Waals surface area contributed by atoms with E-state index in [0.29, 0.717) is 0 Å². The first-order valence-electron chi connectivity index (χ1n) is 3.30. The topological polar surface area (TPSA) is 86.6 Å². The first-order valence-corrected chi connectivity index (χ1v) is 3.30. The Balaban J connectivity index is 0. The molecule has 64 valence electrons. The third kappa shape index (κ3) is 2.75. The summed E-state index contributed by atoms with van der Waals surface area (Å²) < 4.78 is 0.